The molecule has 3 rings (SSSR count). The smallest absolute Gasteiger partial charge is 0.255 e. The van der Waals surface area contributed by atoms with E-state index in [0.717, 1.165) is 16.8 Å². The van der Waals surface area contributed by atoms with Crippen LogP contribution in [-0.2, 0) is 16.6 Å². The number of nitrogens with one attached hydrogen (secondary N) is 2. The van der Waals surface area contributed by atoms with E-state index in [1.165, 1.54) is 31.2 Å². The summed E-state index contributed by atoms with van der Waals surface area (Å²) in [5.41, 5.74) is 4.44. The Morgan fingerprint density at radius 3 is 2.06 bits per heavy atom. The molecule has 0 aliphatic carbocycles. The Morgan fingerprint density at radius 1 is 0.839 bits per heavy atom. The van der Waals surface area contributed by atoms with Gasteiger partial charge in [-0.05, 0) is 67.8 Å². The molecule has 0 unspecified atom stereocenters. The van der Waals surface area contributed by atoms with Crippen LogP contribution >= 0.6 is 0 Å². The topological polar surface area (TPSA) is 92.3 Å². The normalized spacial score (nSPS) is 11.2. The number of sulfonamides is 1. The molecular formula is C24H24N2O4S. The van der Waals surface area contributed by atoms with Gasteiger partial charge in [0.15, 0.2) is 5.78 Å². The highest BCUT2D eigenvalue weighted by Gasteiger charge is 2.14. The molecule has 0 aliphatic heterocycles. The van der Waals surface area contributed by atoms with Gasteiger partial charge in [-0.3, -0.25) is 9.59 Å². The van der Waals surface area contributed by atoms with E-state index < -0.39 is 10.0 Å². The van der Waals surface area contributed by atoms with Crippen LogP contribution in [0.5, 0.6) is 0 Å². The summed E-state index contributed by atoms with van der Waals surface area (Å²) < 4.78 is 27.5. The van der Waals surface area contributed by atoms with Crippen LogP contribution in [0.15, 0.2) is 71.6 Å². The zero-order valence-corrected chi connectivity index (χ0v) is 18.4. The zero-order valence-electron chi connectivity index (χ0n) is 17.6. The molecular weight excluding hydrogens is 412 g/mol. The van der Waals surface area contributed by atoms with Gasteiger partial charge in [-0.2, -0.15) is 0 Å². The second kappa shape index (κ2) is 9.24. The average Bonchev–Trinajstić information content (AvgIpc) is 2.75. The molecule has 0 bridgehead atoms. The van der Waals surface area contributed by atoms with Crippen LogP contribution in [-0.4, -0.2) is 20.1 Å². The zero-order chi connectivity index (χ0) is 22.6. The van der Waals surface area contributed by atoms with Gasteiger partial charge in [0.2, 0.25) is 10.0 Å². The van der Waals surface area contributed by atoms with Gasteiger partial charge in [0.1, 0.15) is 0 Å². The molecule has 7 heteroatoms. The molecule has 0 aromatic heterocycles. The molecule has 0 radical (unpaired) electrons. The van der Waals surface area contributed by atoms with E-state index in [1.54, 1.807) is 24.3 Å². The first kappa shape index (κ1) is 22.4. The third-order valence-corrected chi connectivity index (χ3v) is 6.31. The number of rotatable bonds is 7. The third kappa shape index (κ3) is 5.65. The highest BCUT2D eigenvalue weighted by molar-refractivity contribution is 7.89. The van der Waals surface area contributed by atoms with Crippen molar-refractivity contribution in [2.24, 2.45) is 0 Å². The molecule has 0 aliphatic rings. The lowest BCUT2D eigenvalue weighted by atomic mass is 10.1. The van der Waals surface area contributed by atoms with Crippen LogP contribution in [0.1, 0.15) is 44.3 Å². The van der Waals surface area contributed by atoms with Crippen molar-refractivity contribution in [2.75, 3.05) is 5.32 Å². The van der Waals surface area contributed by atoms with Gasteiger partial charge in [-0.15, -0.1) is 0 Å². The molecule has 0 atom stereocenters. The fourth-order valence-electron chi connectivity index (χ4n) is 2.97. The molecule has 160 valence electrons. The number of anilines is 1. The summed E-state index contributed by atoms with van der Waals surface area (Å²) in [5.74, 6) is -0.356. The minimum Gasteiger partial charge on any atom is -0.322 e. The second-order valence-electron chi connectivity index (χ2n) is 7.37. The number of amides is 1. The van der Waals surface area contributed by atoms with E-state index in [2.05, 4.69) is 10.0 Å². The standard InChI is InChI=1S/C24H24N2O4S/c1-16-4-5-17(2)23(14-16)26-24(28)21-8-6-19(7-9-21)15-25-31(29,30)22-12-10-20(11-13-22)18(3)27/h4-14,25H,15H2,1-3H3,(H,26,28). The first-order chi connectivity index (χ1) is 14.7. The van der Waals surface area contributed by atoms with E-state index in [1.807, 2.05) is 32.0 Å². The van der Waals surface area contributed by atoms with Crippen molar-refractivity contribution < 1.29 is 18.0 Å². The molecule has 6 nitrogen and oxygen atoms in total. The maximum Gasteiger partial charge on any atom is 0.255 e. The summed E-state index contributed by atoms with van der Waals surface area (Å²) in [4.78, 5) is 23.9. The Balaban J connectivity index is 1.64. The Morgan fingerprint density at radius 2 is 1.45 bits per heavy atom. The van der Waals surface area contributed by atoms with E-state index in [-0.39, 0.29) is 23.1 Å². The van der Waals surface area contributed by atoms with Crippen LogP contribution in [0.3, 0.4) is 0 Å². The maximum atomic E-state index is 12.5. The molecule has 2 N–H and O–H groups in total. The number of ketones is 1. The molecule has 1 amide bonds. The molecule has 0 heterocycles. The fourth-order valence-corrected chi connectivity index (χ4v) is 3.99. The monoisotopic (exact) mass is 436 g/mol. The van der Waals surface area contributed by atoms with Gasteiger partial charge in [0.25, 0.3) is 5.91 Å². The van der Waals surface area contributed by atoms with E-state index >= 15 is 0 Å². The highest BCUT2D eigenvalue weighted by Crippen LogP contribution is 2.18. The van der Waals surface area contributed by atoms with Crippen LogP contribution in [0, 0.1) is 13.8 Å². The number of Topliss-reactive ketones (excluding diaryl/α,β-unsaturated/α-hetero) is 1. The van der Waals surface area contributed by atoms with E-state index in [0.29, 0.717) is 16.7 Å². The Hall–Kier alpha value is -3.29. The Labute approximate surface area is 182 Å². The molecule has 0 saturated carbocycles. The van der Waals surface area contributed by atoms with Gasteiger partial charge in [-0.1, -0.05) is 36.4 Å². The predicted molar refractivity (Wildman–Crippen MR) is 121 cm³/mol. The largest absolute Gasteiger partial charge is 0.322 e. The van der Waals surface area contributed by atoms with Gasteiger partial charge in [0, 0.05) is 23.4 Å². The number of aryl methyl sites for hydroxylation is 2. The summed E-state index contributed by atoms with van der Waals surface area (Å²) in [6, 6.07) is 18.4. The van der Waals surface area contributed by atoms with Crippen molar-refractivity contribution in [3.8, 4) is 0 Å². The predicted octanol–water partition coefficient (Wildman–Crippen LogP) is 4.24. The number of hydrogen-bond acceptors (Lipinski definition) is 4. The van der Waals surface area contributed by atoms with Crippen molar-refractivity contribution in [1.29, 1.82) is 0 Å². The SMILES string of the molecule is CC(=O)c1ccc(S(=O)(=O)NCc2ccc(C(=O)Nc3cc(C)ccc3C)cc2)cc1. The van der Waals surface area contributed by atoms with Crippen molar-refractivity contribution in [1.82, 2.24) is 4.72 Å². The number of carbonyl (C=O) groups is 2. The summed E-state index contributed by atoms with van der Waals surface area (Å²) in [7, 11) is -3.72. The molecule has 3 aromatic carbocycles. The molecule has 0 saturated heterocycles. The molecule has 31 heavy (non-hydrogen) atoms. The Kier molecular flexibility index (Phi) is 6.68. The number of hydrogen-bond donors (Lipinski definition) is 2. The van der Waals surface area contributed by atoms with Crippen molar-refractivity contribution in [2.45, 2.75) is 32.2 Å². The van der Waals surface area contributed by atoms with Gasteiger partial charge in [0.05, 0.1) is 4.90 Å². The van der Waals surface area contributed by atoms with Crippen molar-refractivity contribution in [3.63, 3.8) is 0 Å². The lowest BCUT2D eigenvalue weighted by molar-refractivity contribution is 0.101. The number of benzene rings is 3. The molecule has 3 aromatic rings. The maximum absolute atomic E-state index is 12.5. The van der Waals surface area contributed by atoms with Gasteiger partial charge in [-0.25, -0.2) is 13.1 Å². The first-order valence-corrected chi connectivity index (χ1v) is 11.2. The summed E-state index contributed by atoms with van der Waals surface area (Å²) >= 11 is 0. The van der Waals surface area contributed by atoms with E-state index in [4.69, 9.17) is 0 Å². The van der Waals surface area contributed by atoms with Crippen LogP contribution in [0.25, 0.3) is 0 Å². The van der Waals surface area contributed by atoms with Gasteiger partial charge < -0.3 is 5.32 Å². The average molecular weight is 437 g/mol. The Bertz CT molecular complexity index is 1220. The summed E-state index contributed by atoms with van der Waals surface area (Å²) in [6.07, 6.45) is 0. The molecule has 0 spiro atoms. The van der Waals surface area contributed by atoms with Crippen molar-refractivity contribution >= 4 is 27.4 Å². The lowest BCUT2D eigenvalue weighted by Crippen LogP contribution is -2.23. The van der Waals surface area contributed by atoms with Crippen LogP contribution in [0.4, 0.5) is 5.69 Å². The minimum absolute atomic E-state index is 0.0790. The minimum atomic E-state index is -3.72. The van der Waals surface area contributed by atoms with Crippen molar-refractivity contribution in [3.05, 3.63) is 94.5 Å². The highest BCUT2D eigenvalue weighted by atomic mass is 32.2. The fraction of sp³-hybridized carbons (Fsp3) is 0.167. The van der Waals surface area contributed by atoms with Crippen LogP contribution < -0.4 is 10.0 Å². The summed E-state index contributed by atoms with van der Waals surface area (Å²) in [6.45, 7) is 5.39. The second-order valence-corrected chi connectivity index (χ2v) is 9.14. The number of carbonyl (C=O) groups excluding carboxylic acids is 2. The quantitative estimate of drug-likeness (QED) is 0.542. The third-order valence-electron chi connectivity index (χ3n) is 4.89. The first-order valence-electron chi connectivity index (χ1n) is 9.74. The van der Waals surface area contributed by atoms with Gasteiger partial charge >= 0.3 is 0 Å². The lowest BCUT2D eigenvalue weighted by Gasteiger charge is -2.10. The molecule has 0 fully saturated rings. The van der Waals surface area contributed by atoms with E-state index in [9.17, 15) is 18.0 Å². The summed E-state index contributed by atoms with van der Waals surface area (Å²) in [5, 5.41) is 2.90. The van der Waals surface area contributed by atoms with Crippen LogP contribution in [0.2, 0.25) is 0 Å².